The second-order valence-electron chi connectivity index (χ2n) is 2.30. The van der Waals surface area contributed by atoms with E-state index in [-0.39, 0.29) is 10.6 Å². The highest BCUT2D eigenvalue weighted by Crippen LogP contribution is 2.29. The number of nitro groups is 1. The standard InChI is InChI=1S/C8H8BrNO2S/c1-2-13-6-3-4-7(9)8(5-6)10(11)12/h3-5H,2H2,1H3. The summed E-state index contributed by atoms with van der Waals surface area (Å²) in [6.45, 7) is 2.01. The first-order valence-electron chi connectivity index (χ1n) is 3.72. The largest absolute Gasteiger partial charge is 0.284 e. The molecule has 70 valence electrons. The van der Waals surface area contributed by atoms with Crippen molar-refractivity contribution in [2.75, 3.05) is 5.75 Å². The lowest BCUT2D eigenvalue weighted by atomic mass is 10.3. The normalized spacial score (nSPS) is 10.0. The highest BCUT2D eigenvalue weighted by molar-refractivity contribution is 9.10. The van der Waals surface area contributed by atoms with Crippen molar-refractivity contribution in [2.24, 2.45) is 0 Å². The van der Waals surface area contributed by atoms with Gasteiger partial charge in [0.05, 0.1) is 9.40 Å². The minimum atomic E-state index is -0.385. The van der Waals surface area contributed by atoms with Crippen LogP contribution >= 0.6 is 27.7 Å². The predicted molar refractivity (Wildman–Crippen MR) is 57.2 cm³/mol. The van der Waals surface area contributed by atoms with Crippen molar-refractivity contribution in [3.05, 3.63) is 32.8 Å². The van der Waals surface area contributed by atoms with Gasteiger partial charge in [-0.15, -0.1) is 11.8 Å². The van der Waals surface area contributed by atoms with E-state index in [1.807, 2.05) is 13.0 Å². The molecule has 0 fully saturated rings. The average Bonchev–Trinajstić information content (AvgIpc) is 2.08. The lowest BCUT2D eigenvalue weighted by Gasteiger charge is -1.99. The van der Waals surface area contributed by atoms with Crippen molar-refractivity contribution in [3.8, 4) is 0 Å². The van der Waals surface area contributed by atoms with Gasteiger partial charge in [0, 0.05) is 11.0 Å². The molecular weight excluding hydrogens is 254 g/mol. The van der Waals surface area contributed by atoms with Crippen molar-refractivity contribution >= 4 is 33.4 Å². The third-order valence-corrected chi connectivity index (χ3v) is 2.97. The zero-order valence-corrected chi connectivity index (χ0v) is 9.39. The molecule has 0 spiro atoms. The van der Waals surface area contributed by atoms with Crippen LogP contribution in [0.1, 0.15) is 6.92 Å². The zero-order chi connectivity index (χ0) is 9.84. The van der Waals surface area contributed by atoms with Crippen LogP contribution in [0.3, 0.4) is 0 Å². The van der Waals surface area contributed by atoms with E-state index in [1.165, 1.54) is 0 Å². The Balaban J connectivity index is 3.04. The Labute approximate surface area is 88.8 Å². The molecule has 1 rings (SSSR count). The first-order valence-corrected chi connectivity index (χ1v) is 5.49. The number of hydrogen-bond donors (Lipinski definition) is 0. The van der Waals surface area contributed by atoms with E-state index in [2.05, 4.69) is 15.9 Å². The molecule has 1 aromatic rings. The van der Waals surface area contributed by atoms with Crippen molar-refractivity contribution in [2.45, 2.75) is 11.8 Å². The van der Waals surface area contributed by atoms with Crippen molar-refractivity contribution in [1.29, 1.82) is 0 Å². The summed E-state index contributed by atoms with van der Waals surface area (Å²) >= 11 is 4.72. The van der Waals surface area contributed by atoms with Gasteiger partial charge in [-0.3, -0.25) is 10.1 Å². The Hall–Kier alpha value is -0.550. The minimum absolute atomic E-state index is 0.124. The molecule has 0 aliphatic carbocycles. The van der Waals surface area contributed by atoms with Crippen molar-refractivity contribution < 1.29 is 4.92 Å². The van der Waals surface area contributed by atoms with Crippen LogP contribution in [-0.4, -0.2) is 10.7 Å². The molecular formula is C8H8BrNO2S. The Morgan fingerprint density at radius 2 is 2.31 bits per heavy atom. The fraction of sp³-hybridized carbons (Fsp3) is 0.250. The van der Waals surface area contributed by atoms with Crippen molar-refractivity contribution in [1.82, 2.24) is 0 Å². The van der Waals surface area contributed by atoms with E-state index in [1.54, 1.807) is 23.9 Å². The lowest BCUT2D eigenvalue weighted by molar-refractivity contribution is -0.385. The molecule has 0 heterocycles. The van der Waals surface area contributed by atoms with Crippen molar-refractivity contribution in [3.63, 3.8) is 0 Å². The highest BCUT2D eigenvalue weighted by atomic mass is 79.9. The van der Waals surface area contributed by atoms with Crippen LogP contribution in [0.2, 0.25) is 0 Å². The number of nitrogens with zero attached hydrogens (tertiary/aromatic N) is 1. The van der Waals surface area contributed by atoms with Gasteiger partial charge in [0.2, 0.25) is 0 Å². The summed E-state index contributed by atoms with van der Waals surface area (Å²) in [5.74, 6) is 0.915. The molecule has 0 saturated carbocycles. The molecule has 5 heteroatoms. The van der Waals surface area contributed by atoms with Crippen LogP contribution in [0, 0.1) is 10.1 Å². The molecule has 0 N–H and O–H groups in total. The molecule has 0 aromatic heterocycles. The summed E-state index contributed by atoms with van der Waals surface area (Å²) in [7, 11) is 0. The zero-order valence-electron chi connectivity index (χ0n) is 6.99. The summed E-state index contributed by atoms with van der Waals surface area (Å²) in [5, 5.41) is 10.5. The van der Waals surface area contributed by atoms with Gasteiger partial charge in [0.25, 0.3) is 5.69 Å². The maximum Gasteiger partial charge on any atom is 0.284 e. The first-order chi connectivity index (χ1) is 6.15. The number of thioether (sulfide) groups is 1. The van der Waals surface area contributed by atoms with Gasteiger partial charge in [0.1, 0.15) is 0 Å². The summed E-state index contributed by atoms with van der Waals surface area (Å²) in [6.07, 6.45) is 0. The van der Waals surface area contributed by atoms with Gasteiger partial charge in [-0.05, 0) is 33.8 Å². The maximum atomic E-state index is 10.5. The Morgan fingerprint density at radius 3 is 2.85 bits per heavy atom. The highest BCUT2D eigenvalue weighted by Gasteiger charge is 2.11. The van der Waals surface area contributed by atoms with E-state index in [0.29, 0.717) is 4.47 Å². The molecule has 1 aromatic carbocycles. The molecule has 0 aliphatic rings. The van der Waals surface area contributed by atoms with Gasteiger partial charge in [-0.25, -0.2) is 0 Å². The monoisotopic (exact) mass is 261 g/mol. The second kappa shape index (κ2) is 4.62. The number of benzene rings is 1. The number of nitro benzene ring substituents is 1. The summed E-state index contributed by atoms with van der Waals surface area (Å²) in [4.78, 5) is 11.1. The number of hydrogen-bond acceptors (Lipinski definition) is 3. The Kier molecular flexibility index (Phi) is 3.74. The molecule has 0 radical (unpaired) electrons. The second-order valence-corrected chi connectivity index (χ2v) is 4.50. The third-order valence-electron chi connectivity index (χ3n) is 1.43. The van der Waals surface area contributed by atoms with Gasteiger partial charge in [-0.2, -0.15) is 0 Å². The topological polar surface area (TPSA) is 43.1 Å². The van der Waals surface area contributed by atoms with Crippen LogP contribution in [0.25, 0.3) is 0 Å². The predicted octanol–water partition coefficient (Wildman–Crippen LogP) is 3.47. The van der Waals surface area contributed by atoms with Gasteiger partial charge >= 0.3 is 0 Å². The van der Waals surface area contributed by atoms with Crippen LogP contribution in [0.15, 0.2) is 27.6 Å². The molecule has 13 heavy (non-hydrogen) atoms. The quantitative estimate of drug-likeness (QED) is 0.476. The molecule has 0 aliphatic heterocycles. The fourth-order valence-corrected chi connectivity index (χ4v) is 1.97. The molecule has 0 amide bonds. The number of rotatable bonds is 3. The smallest absolute Gasteiger partial charge is 0.258 e. The SMILES string of the molecule is CCSc1ccc(Br)c([N+](=O)[O-])c1. The lowest BCUT2D eigenvalue weighted by Crippen LogP contribution is -1.89. The van der Waals surface area contributed by atoms with Crippen LogP contribution < -0.4 is 0 Å². The van der Waals surface area contributed by atoms with E-state index in [4.69, 9.17) is 0 Å². The van der Waals surface area contributed by atoms with E-state index in [0.717, 1.165) is 10.6 Å². The number of halogens is 1. The summed E-state index contributed by atoms with van der Waals surface area (Å²) < 4.78 is 0.526. The fourth-order valence-electron chi connectivity index (χ4n) is 0.889. The Morgan fingerprint density at radius 1 is 1.62 bits per heavy atom. The first kappa shape index (κ1) is 10.5. The van der Waals surface area contributed by atoms with Crippen LogP contribution in [-0.2, 0) is 0 Å². The van der Waals surface area contributed by atoms with E-state index >= 15 is 0 Å². The molecule has 0 saturated heterocycles. The maximum absolute atomic E-state index is 10.5. The van der Waals surface area contributed by atoms with Crippen LogP contribution in [0.5, 0.6) is 0 Å². The van der Waals surface area contributed by atoms with E-state index < -0.39 is 0 Å². The summed E-state index contributed by atoms with van der Waals surface area (Å²) in [5.41, 5.74) is 0.124. The Bertz CT molecular complexity index is 330. The van der Waals surface area contributed by atoms with Gasteiger partial charge in [0.15, 0.2) is 0 Å². The van der Waals surface area contributed by atoms with E-state index in [9.17, 15) is 10.1 Å². The third kappa shape index (κ3) is 2.70. The molecule has 3 nitrogen and oxygen atoms in total. The average molecular weight is 262 g/mol. The molecule has 0 atom stereocenters. The minimum Gasteiger partial charge on any atom is -0.258 e. The van der Waals surface area contributed by atoms with Crippen LogP contribution in [0.4, 0.5) is 5.69 Å². The molecule has 0 unspecified atom stereocenters. The van der Waals surface area contributed by atoms with Gasteiger partial charge in [-0.1, -0.05) is 6.92 Å². The summed E-state index contributed by atoms with van der Waals surface area (Å²) in [6, 6.07) is 5.15. The van der Waals surface area contributed by atoms with Gasteiger partial charge < -0.3 is 0 Å². The molecule has 0 bridgehead atoms.